The predicted molar refractivity (Wildman–Crippen MR) is 59.4 cm³/mol. The molecule has 1 unspecified atom stereocenters. The van der Waals surface area contributed by atoms with E-state index in [1.165, 1.54) is 0 Å². The molecule has 17 heavy (non-hydrogen) atoms. The first-order valence-corrected chi connectivity index (χ1v) is 5.46. The smallest absolute Gasteiger partial charge is 0.356 e. The second-order valence-corrected chi connectivity index (χ2v) is 4.59. The van der Waals surface area contributed by atoms with Gasteiger partial charge in [-0.2, -0.15) is 0 Å². The molecule has 6 nitrogen and oxygen atoms in total. The van der Waals surface area contributed by atoms with Crippen molar-refractivity contribution in [2.24, 2.45) is 5.16 Å². The van der Waals surface area contributed by atoms with Gasteiger partial charge in [-0.15, -0.1) is 0 Å². The lowest BCUT2D eigenvalue weighted by Crippen LogP contribution is -2.30. The summed E-state index contributed by atoms with van der Waals surface area (Å²) < 4.78 is 9.87. The molecule has 0 fully saturated rings. The fourth-order valence-electron chi connectivity index (χ4n) is 1.20. The van der Waals surface area contributed by atoms with E-state index in [0.29, 0.717) is 0 Å². The molecular formula is C11H17NO5. The van der Waals surface area contributed by atoms with Gasteiger partial charge >= 0.3 is 11.9 Å². The van der Waals surface area contributed by atoms with Gasteiger partial charge in [0.1, 0.15) is 5.60 Å². The van der Waals surface area contributed by atoms with E-state index in [-0.39, 0.29) is 18.7 Å². The third-order valence-corrected chi connectivity index (χ3v) is 1.85. The summed E-state index contributed by atoms with van der Waals surface area (Å²) in [7, 11) is 0. The molecule has 1 aliphatic rings. The largest absolute Gasteiger partial charge is 0.463 e. The summed E-state index contributed by atoms with van der Waals surface area (Å²) in [6.45, 7) is 7.22. The summed E-state index contributed by atoms with van der Waals surface area (Å²) in [6.07, 6.45) is -0.745. The minimum atomic E-state index is -0.836. The number of ether oxygens (including phenoxy) is 2. The zero-order valence-electron chi connectivity index (χ0n) is 10.5. The molecule has 0 aromatic carbocycles. The maximum absolute atomic E-state index is 11.6. The van der Waals surface area contributed by atoms with Gasteiger partial charge in [0.05, 0.1) is 13.0 Å². The van der Waals surface area contributed by atoms with Crippen molar-refractivity contribution in [1.82, 2.24) is 0 Å². The molecule has 0 amide bonds. The molecule has 0 aromatic heterocycles. The Hall–Kier alpha value is -1.59. The lowest BCUT2D eigenvalue weighted by atomic mass is 10.1. The second-order valence-electron chi connectivity index (χ2n) is 4.59. The molecule has 0 saturated carbocycles. The van der Waals surface area contributed by atoms with Crippen LogP contribution >= 0.6 is 0 Å². The average Bonchev–Trinajstić information content (AvgIpc) is 2.63. The maximum atomic E-state index is 11.6. The van der Waals surface area contributed by atoms with Crippen molar-refractivity contribution in [2.45, 2.75) is 45.8 Å². The number of esters is 2. The number of carbonyl (C=O) groups excluding carboxylic acids is 2. The molecule has 6 heteroatoms. The van der Waals surface area contributed by atoms with Crippen molar-refractivity contribution in [1.29, 1.82) is 0 Å². The summed E-state index contributed by atoms with van der Waals surface area (Å²) in [5.41, 5.74) is -0.486. The quantitative estimate of drug-likeness (QED) is 0.692. The minimum Gasteiger partial charge on any atom is -0.463 e. The Balaban J connectivity index is 2.50. The number of rotatable bonds is 3. The fourth-order valence-corrected chi connectivity index (χ4v) is 1.20. The van der Waals surface area contributed by atoms with Crippen molar-refractivity contribution in [3.63, 3.8) is 0 Å². The lowest BCUT2D eigenvalue weighted by Gasteiger charge is -2.18. The van der Waals surface area contributed by atoms with Crippen LogP contribution < -0.4 is 0 Å². The molecule has 1 atom stereocenters. The number of hydrogen-bond donors (Lipinski definition) is 0. The van der Waals surface area contributed by atoms with E-state index in [4.69, 9.17) is 14.3 Å². The summed E-state index contributed by atoms with van der Waals surface area (Å²) in [6, 6.07) is 0. The zero-order chi connectivity index (χ0) is 13.1. The van der Waals surface area contributed by atoms with Crippen LogP contribution in [0.4, 0.5) is 0 Å². The highest BCUT2D eigenvalue weighted by atomic mass is 16.7. The summed E-state index contributed by atoms with van der Waals surface area (Å²) >= 11 is 0. The molecule has 0 saturated heterocycles. The third-order valence-electron chi connectivity index (χ3n) is 1.85. The van der Waals surface area contributed by atoms with Gasteiger partial charge in [-0.25, -0.2) is 9.59 Å². The molecule has 0 N–H and O–H groups in total. The first-order chi connectivity index (χ1) is 7.83. The molecule has 0 spiro atoms. The van der Waals surface area contributed by atoms with Crippen LogP contribution in [-0.2, 0) is 23.9 Å². The van der Waals surface area contributed by atoms with Crippen LogP contribution in [0.1, 0.15) is 34.1 Å². The van der Waals surface area contributed by atoms with E-state index in [2.05, 4.69) is 5.16 Å². The van der Waals surface area contributed by atoms with Crippen LogP contribution in [0.3, 0.4) is 0 Å². The monoisotopic (exact) mass is 243 g/mol. The Bertz CT molecular complexity index is 342. The van der Waals surface area contributed by atoms with E-state index >= 15 is 0 Å². The lowest BCUT2D eigenvalue weighted by molar-refractivity contribution is -0.154. The van der Waals surface area contributed by atoms with Crippen molar-refractivity contribution < 1.29 is 23.9 Å². The van der Waals surface area contributed by atoms with Crippen LogP contribution in [0.5, 0.6) is 0 Å². The van der Waals surface area contributed by atoms with Crippen LogP contribution in [-0.4, -0.2) is 36.0 Å². The molecular weight excluding hydrogens is 226 g/mol. The van der Waals surface area contributed by atoms with Gasteiger partial charge in [-0.1, -0.05) is 5.16 Å². The number of hydrogen-bond acceptors (Lipinski definition) is 6. The molecule has 96 valence electrons. The summed E-state index contributed by atoms with van der Waals surface area (Å²) in [5.74, 6) is -1.08. The van der Waals surface area contributed by atoms with Crippen molar-refractivity contribution in [2.75, 3.05) is 6.61 Å². The van der Waals surface area contributed by atoms with Crippen LogP contribution in [0.25, 0.3) is 0 Å². The summed E-state index contributed by atoms with van der Waals surface area (Å²) in [5, 5.41) is 3.55. The summed E-state index contributed by atoms with van der Waals surface area (Å²) in [4.78, 5) is 27.8. The van der Waals surface area contributed by atoms with E-state index in [1.54, 1.807) is 27.7 Å². The molecule has 1 heterocycles. The van der Waals surface area contributed by atoms with Gasteiger partial charge in [0.15, 0.2) is 5.71 Å². The van der Waals surface area contributed by atoms with E-state index in [1.807, 2.05) is 0 Å². The molecule has 1 rings (SSSR count). The van der Waals surface area contributed by atoms with Crippen molar-refractivity contribution >= 4 is 17.7 Å². The van der Waals surface area contributed by atoms with Gasteiger partial charge in [-0.3, -0.25) is 0 Å². The normalized spacial score (nSPS) is 19.3. The number of carbonyl (C=O) groups is 2. The van der Waals surface area contributed by atoms with Crippen molar-refractivity contribution in [3.05, 3.63) is 0 Å². The van der Waals surface area contributed by atoms with Gasteiger partial charge in [-0.05, 0) is 27.7 Å². The molecule has 0 aromatic rings. The predicted octanol–water partition coefficient (Wildman–Crippen LogP) is 1.04. The standard InChI is InChI=1S/C11H17NO5/c1-5-15-10(14)8-6-7(12-17-8)9(13)16-11(2,3)4/h8H,5-6H2,1-4H3. The Labute approximate surface area is 99.9 Å². The Morgan fingerprint density at radius 3 is 2.65 bits per heavy atom. The maximum Gasteiger partial charge on any atom is 0.356 e. The highest BCUT2D eigenvalue weighted by Gasteiger charge is 2.34. The van der Waals surface area contributed by atoms with E-state index < -0.39 is 23.6 Å². The number of oxime groups is 1. The minimum absolute atomic E-state index is 0.0910. The zero-order valence-corrected chi connectivity index (χ0v) is 10.5. The van der Waals surface area contributed by atoms with Gasteiger partial charge in [0.25, 0.3) is 0 Å². The molecule has 0 aliphatic carbocycles. The Kier molecular flexibility index (Phi) is 4.09. The van der Waals surface area contributed by atoms with Crippen LogP contribution in [0.15, 0.2) is 5.16 Å². The fraction of sp³-hybridized carbons (Fsp3) is 0.727. The van der Waals surface area contributed by atoms with Gasteiger partial charge in [0.2, 0.25) is 6.10 Å². The molecule has 1 aliphatic heterocycles. The van der Waals surface area contributed by atoms with Crippen LogP contribution in [0.2, 0.25) is 0 Å². The van der Waals surface area contributed by atoms with Gasteiger partial charge in [0, 0.05) is 0 Å². The first kappa shape index (κ1) is 13.5. The molecule has 0 bridgehead atoms. The van der Waals surface area contributed by atoms with Gasteiger partial charge < -0.3 is 14.3 Å². The van der Waals surface area contributed by atoms with E-state index in [0.717, 1.165) is 0 Å². The average molecular weight is 243 g/mol. The first-order valence-electron chi connectivity index (χ1n) is 5.46. The van der Waals surface area contributed by atoms with Crippen LogP contribution in [0, 0.1) is 0 Å². The SMILES string of the molecule is CCOC(=O)C1CC(C(=O)OC(C)(C)C)=NO1. The number of nitrogens with zero attached hydrogens (tertiary/aromatic N) is 1. The third kappa shape index (κ3) is 4.05. The topological polar surface area (TPSA) is 74.2 Å². The Morgan fingerprint density at radius 1 is 1.47 bits per heavy atom. The highest BCUT2D eigenvalue weighted by molar-refractivity contribution is 6.37. The second kappa shape index (κ2) is 5.16. The Morgan fingerprint density at radius 2 is 2.12 bits per heavy atom. The highest BCUT2D eigenvalue weighted by Crippen LogP contribution is 2.16. The molecule has 0 radical (unpaired) electrons. The van der Waals surface area contributed by atoms with Crippen molar-refractivity contribution in [3.8, 4) is 0 Å². The van der Waals surface area contributed by atoms with E-state index in [9.17, 15) is 9.59 Å².